The first kappa shape index (κ1) is 20.3. The summed E-state index contributed by atoms with van der Waals surface area (Å²) in [5, 5.41) is 15.3. The van der Waals surface area contributed by atoms with Crippen molar-refractivity contribution in [3.05, 3.63) is 47.7 Å². The Morgan fingerprint density at radius 2 is 2.00 bits per heavy atom. The molecule has 0 bridgehead atoms. The van der Waals surface area contributed by atoms with Crippen LogP contribution in [0.15, 0.2) is 42.1 Å². The SMILES string of the molecule is CCOC(=O)N1CCC(N/C=C(/C#N)C(=O)NC(C)c2ccccc2)CC1. The van der Waals surface area contributed by atoms with Crippen molar-refractivity contribution in [1.82, 2.24) is 15.5 Å². The molecule has 1 unspecified atom stereocenters. The van der Waals surface area contributed by atoms with Crippen LogP contribution in [-0.4, -0.2) is 42.6 Å². The second-order valence-corrected chi connectivity index (χ2v) is 6.40. The number of piperidine rings is 1. The standard InChI is InChI=1S/C20H26N4O3/c1-3-27-20(26)24-11-9-18(10-12-24)22-14-17(13-21)19(25)23-15(2)16-7-5-4-6-8-16/h4-8,14-15,18,22H,3,9-12H2,1-2H3,(H,23,25)/b17-14-. The summed E-state index contributed by atoms with van der Waals surface area (Å²) < 4.78 is 5.00. The van der Waals surface area contributed by atoms with Crippen LogP contribution < -0.4 is 10.6 Å². The van der Waals surface area contributed by atoms with Crippen LogP contribution >= 0.6 is 0 Å². The molecule has 1 aromatic carbocycles. The summed E-state index contributed by atoms with van der Waals surface area (Å²) in [4.78, 5) is 25.7. The quantitative estimate of drug-likeness (QED) is 0.593. The van der Waals surface area contributed by atoms with E-state index in [1.54, 1.807) is 11.8 Å². The summed E-state index contributed by atoms with van der Waals surface area (Å²) in [6, 6.07) is 11.4. The van der Waals surface area contributed by atoms with E-state index in [1.165, 1.54) is 6.20 Å². The summed E-state index contributed by atoms with van der Waals surface area (Å²) in [5.74, 6) is -0.412. The zero-order chi connectivity index (χ0) is 19.6. The van der Waals surface area contributed by atoms with Gasteiger partial charge in [-0.2, -0.15) is 5.26 Å². The number of nitrogens with zero attached hydrogens (tertiary/aromatic N) is 2. The van der Waals surface area contributed by atoms with Crippen molar-refractivity contribution in [1.29, 1.82) is 5.26 Å². The lowest BCUT2D eigenvalue weighted by molar-refractivity contribution is -0.117. The Hall–Kier alpha value is -3.01. The molecule has 2 N–H and O–H groups in total. The molecular weight excluding hydrogens is 344 g/mol. The van der Waals surface area contributed by atoms with Crippen molar-refractivity contribution in [3.8, 4) is 6.07 Å². The van der Waals surface area contributed by atoms with Gasteiger partial charge in [-0.3, -0.25) is 4.79 Å². The topological polar surface area (TPSA) is 94.5 Å². The molecule has 1 atom stereocenters. The molecule has 1 aliphatic heterocycles. The molecule has 7 heteroatoms. The van der Waals surface area contributed by atoms with Crippen molar-refractivity contribution in [2.75, 3.05) is 19.7 Å². The Kier molecular flexibility index (Phi) is 7.68. The van der Waals surface area contributed by atoms with Gasteiger partial charge in [-0.25, -0.2) is 4.79 Å². The van der Waals surface area contributed by atoms with E-state index in [4.69, 9.17) is 4.74 Å². The number of ether oxygens (including phenoxy) is 1. The highest BCUT2D eigenvalue weighted by Crippen LogP contribution is 2.13. The average Bonchev–Trinajstić information content (AvgIpc) is 2.69. The number of hydrogen-bond acceptors (Lipinski definition) is 5. The third kappa shape index (κ3) is 6.03. The van der Waals surface area contributed by atoms with E-state index < -0.39 is 5.91 Å². The highest BCUT2D eigenvalue weighted by atomic mass is 16.6. The van der Waals surface area contributed by atoms with Crippen LogP contribution in [0.2, 0.25) is 0 Å². The van der Waals surface area contributed by atoms with E-state index in [0.717, 1.165) is 18.4 Å². The zero-order valence-corrected chi connectivity index (χ0v) is 15.8. The van der Waals surface area contributed by atoms with E-state index in [9.17, 15) is 14.9 Å². The smallest absolute Gasteiger partial charge is 0.409 e. The van der Waals surface area contributed by atoms with Crippen LogP contribution in [0, 0.1) is 11.3 Å². The lowest BCUT2D eigenvalue weighted by atomic mass is 10.1. The van der Waals surface area contributed by atoms with E-state index in [-0.39, 0.29) is 23.8 Å². The predicted octanol–water partition coefficient (Wildman–Crippen LogP) is 2.48. The maximum atomic E-state index is 12.3. The van der Waals surface area contributed by atoms with Crippen molar-refractivity contribution in [2.45, 2.75) is 38.8 Å². The number of nitriles is 1. The molecule has 7 nitrogen and oxygen atoms in total. The van der Waals surface area contributed by atoms with E-state index in [1.807, 2.05) is 43.3 Å². The Morgan fingerprint density at radius 1 is 1.33 bits per heavy atom. The molecule has 2 amide bonds. The first-order chi connectivity index (χ1) is 13.0. The molecule has 1 fully saturated rings. The van der Waals surface area contributed by atoms with Gasteiger partial charge in [0, 0.05) is 25.3 Å². The van der Waals surface area contributed by atoms with Crippen LogP contribution in [0.4, 0.5) is 4.79 Å². The number of benzene rings is 1. The molecule has 0 radical (unpaired) electrons. The molecule has 2 rings (SSSR count). The van der Waals surface area contributed by atoms with Gasteiger partial charge in [0.05, 0.1) is 12.6 Å². The maximum absolute atomic E-state index is 12.3. The van der Waals surface area contributed by atoms with Crippen LogP contribution in [0.3, 0.4) is 0 Å². The second kappa shape index (κ2) is 10.2. The van der Waals surface area contributed by atoms with Gasteiger partial charge in [0.25, 0.3) is 5.91 Å². The number of hydrogen-bond donors (Lipinski definition) is 2. The Labute approximate surface area is 160 Å². The normalized spacial score (nSPS) is 16.2. The molecule has 27 heavy (non-hydrogen) atoms. The largest absolute Gasteiger partial charge is 0.450 e. The van der Waals surface area contributed by atoms with Gasteiger partial charge in [-0.05, 0) is 32.3 Å². The maximum Gasteiger partial charge on any atom is 0.409 e. The Morgan fingerprint density at radius 3 is 2.59 bits per heavy atom. The number of likely N-dealkylation sites (tertiary alicyclic amines) is 1. The molecule has 0 aliphatic carbocycles. The highest BCUT2D eigenvalue weighted by Gasteiger charge is 2.23. The monoisotopic (exact) mass is 370 g/mol. The fraction of sp³-hybridized carbons (Fsp3) is 0.450. The van der Waals surface area contributed by atoms with Crippen LogP contribution in [0.5, 0.6) is 0 Å². The zero-order valence-electron chi connectivity index (χ0n) is 15.8. The number of amides is 2. The molecule has 0 spiro atoms. The van der Waals surface area contributed by atoms with E-state index in [0.29, 0.717) is 19.7 Å². The fourth-order valence-corrected chi connectivity index (χ4v) is 2.89. The predicted molar refractivity (Wildman–Crippen MR) is 101 cm³/mol. The van der Waals surface area contributed by atoms with Crippen molar-refractivity contribution in [3.63, 3.8) is 0 Å². The molecule has 144 valence electrons. The first-order valence-electron chi connectivity index (χ1n) is 9.19. The Bertz CT molecular complexity index is 704. The molecular formula is C20H26N4O3. The molecule has 1 aliphatic rings. The summed E-state index contributed by atoms with van der Waals surface area (Å²) in [6.07, 6.45) is 2.64. The molecule has 1 aromatic rings. The van der Waals surface area contributed by atoms with E-state index >= 15 is 0 Å². The minimum absolute atomic E-state index is 0.0330. The molecule has 0 aromatic heterocycles. The van der Waals surface area contributed by atoms with E-state index in [2.05, 4.69) is 10.6 Å². The van der Waals surface area contributed by atoms with Gasteiger partial charge in [0.15, 0.2) is 0 Å². The lowest BCUT2D eigenvalue weighted by Crippen LogP contribution is -2.44. The number of nitrogens with one attached hydrogen (secondary N) is 2. The summed E-state index contributed by atoms with van der Waals surface area (Å²) in [5.41, 5.74) is 1.01. The van der Waals surface area contributed by atoms with Gasteiger partial charge in [-0.15, -0.1) is 0 Å². The fourth-order valence-electron chi connectivity index (χ4n) is 2.89. The minimum atomic E-state index is -0.412. The van der Waals surface area contributed by atoms with Crippen LogP contribution in [0.25, 0.3) is 0 Å². The first-order valence-corrected chi connectivity index (χ1v) is 9.19. The number of carbonyl (C=O) groups is 2. The molecule has 0 saturated carbocycles. The highest BCUT2D eigenvalue weighted by molar-refractivity contribution is 5.97. The van der Waals surface area contributed by atoms with Gasteiger partial charge in [0.1, 0.15) is 11.6 Å². The third-order valence-electron chi connectivity index (χ3n) is 4.50. The number of rotatable bonds is 6. The molecule has 1 saturated heterocycles. The summed E-state index contributed by atoms with van der Waals surface area (Å²) in [6.45, 7) is 5.19. The average molecular weight is 370 g/mol. The van der Waals surface area contributed by atoms with Crippen LogP contribution in [-0.2, 0) is 9.53 Å². The van der Waals surface area contributed by atoms with Gasteiger partial charge in [0.2, 0.25) is 0 Å². The van der Waals surface area contributed by atoms with Crippen LogP contribution in [0.1, 0.15) is 38.3 Å². The lowest BCUT2D eigenvalue weighted by Gasteiger charge is -2.31. The van der Waals surface area contributed by atoms with Gasteiger partial charge in [-0.1, -0.05) is 30.3 Å². The van der Waals surface area contributed by atoms with Gasteiger partial charge < -0.3 is 20.3 Å². The molecule has 1 heterocycles. The summed E-state index contributed by atoms with van der Waals surface area (Å²) in [7, 11) is 0. The van der Waals surface area contributed by atoms with Crippen molar-refractivity contribution in [2.24, 2.45) is 0 Å². The van der Waals surface area contributed by atoms with Crippen molar-refractivity contribution < 1.29 is 14.3 Å². The second-order valence-electron chi connectivity index (χ2n) is 6.40. The Balaban J connectivity index is 1.85. The third-order valence-corrected chi connectivity index (χ3v) is 4.50. The van der Waals surface area contributed by atoms with Crippen molar-refractivity contribution >= 4 is 12.0 Å². The van der Waals surface area contributed by atoms with Gasteiger partial charge >= 0.3 is 6.09 Å². The summed E-state index contributed by atoms with van der Waals surface area (Å²) >= 11 is 0. The minimum Gasteiger partial charge on any atom is -0.450 e. The number of carbonyl (C=O) groups excluding carboxylic acids is 2.